The molecule has 3 rings (SSSR count). The molecule has 1 fully saturated rings. The van der Waals surface area contributed by atoms with E-state index < -0.39 is 0 Å². The van der Waals surface area contributed by atoms with Crippen LogP contribution in [0, 0.1) is 0 Å². The highest BCUT2D eigenvalue weighted by molar-refractivity contribution is 5.45. The molecule has 2 heterocycles. The van der Waals surface area contributed by atoms with E-state index >= 15 is 0 Å². The van der Waals surface area contributed by atoms with Crippen LogP contribution in [0.4, 0.5) is 5.69 Å². The molecule has 0 aliphatic carbocycles. The minimum absolute atomic E-state index is 0.668. The van der Waals surface area contributed by atoms with Crippen molar-refractivity contribution >= 4 is 5.69 Å². The second-order valence-electron chi connectivity index (χ2n) is 5.31. The second-order valence-corrected chi connectivity index (χ2v) is 5.31. The largest absolute Gasteiger partial charge is 0.481 e. The Morgan fingerprint density at radius 1 is 1.00 bits per heavy atom. The molecule has 0 bridgehead atoms. The van der Waals surface area contributed by atoms with Crippen molar-refractivity contribution in [1.29, 1.82) is 0 Å². The first-order valence-electron chi connectivity index (χ1n) is 7.36. The molecule has 0 amide bonds. The molecule has 1 saturated heterocycles. The summed E-state index contributed by atoms with van der Waals surface area (Å²) in [4.78, 5) is 9.17. The number of nitrogens with zero attached hydrogens (tertiary/aromatic N) is 3. The van der Waals surface area contributed by atoms with Gasteiger partial charge in [-0.25, -0.2) is 4.98 Å². The Labute approximate surface area is 126 Å². The van der Waals surface area contributed by atoms with E-state index in [2.05, 4.69) is 51.2 Å². The first-order chi connectivity index (χ1) is 10.3. The van der Waals surface area contributed by atoms with Gasteiger partial charge in [0.25, 0.3) is 0 Å². The van der Waals surface area contributed by atoms with E-state index in [0.29, 0.717) is 5.88 Å². The normalized spacial score (nSPS) is 16.0. The fraction of sp³-hybridized carbons (Fsp3) is 0.353. The molecule has 1 aliphatic heterocycles. The molecule has 0 atom stereocenters. The maximum Gasteiger partial charge on any atom is 0.213 e. The first kappa shape index (κ1) is 13.9. The summed E-state index contributed by atoms with van der Waals surface area (Å²) < 4.78 is 5.10. The van der Waals surface area contributed by atoms with E-state index in [0.717, 1.165) is 32.7 Å². The van der Waals surface area contributed by atoms with Crippen LogP contribution < -0.4 is 9.64 Å². The van der Waals surface area contributed by atoms with Crippen molar-refractivity contribution in [2.24, 2.45) is 0 Å². The van der Waals surface area contributed by atoms with Crippen molar-refractivity contribution in [3.8, 4) is 5.88 Å². The van der Waals surface area contributed by atoms with Crippen LogP contribution in [0.15, 0.2) is 48.7 Å². The van der Waals surface area contributed by atoms with E-state index in [4.69, 9.17) is 4.74 Å². The lowest BCUT2D eigenvalue weighted by Gasteiger charge is -2.36. The maximum atomic E-state index is 5.10. The highest BCUT2D eigenvalue weighted by Crippen LogP contribution is 2.18. The van der Waals surface area contributed by atoms with Crippen LogP contribution in [0.3, 0.4) is 0 Å². The number of benzene rings is 1. The van der Waals surface area contributed by atoms with E-state index in [9.17, 15) is 0 Å². The van der Waals surface area contributed by atoms with Crippen molar-refractivity contribution in [3.63, 3.8) is 0 Å². The molecule has 0 N–H and O–H groups in total. The molecule has 4 nitrogen and oxygen atoms in total. The summed E-state index contributed by atoms with van der Waals surface area (Å²) in [5, 5.41) is 0. The van der Waals surface area contributed by atoms with Gasteiger partial charge in [-0.05, 0) is 11.6 Å². The van der Waals surface area contributed by atoms with Gasteiger partial charge in [-0.3, -0.25) is 4.90 Å². The highest BCUT2D eigenvalue weighted by atomic mass is 16.5. The van der Waals surface area contributed by atoms with E-state index in [1.54, 1.807) is 7.11 Å². The van der Waals surface area contributed by atoms with Crippen molar-refractivity contribution < 1.29 is 4.74 Å². The zero-order valence-electron chi connectivity index (χ0n) is 12.4. The summed E-state index contributed by atoms with van der Waals surface area (Å²) in [6.07, 6.45) is 1.89. The Bertz CT molecular complexity index is 548. The number of methoxy groups -OCH3 is 1. The first-order valence-corrected chi connectivity index (χ1v) is 7.36. The van der Waals surface area contributed by atoms with E-state index in [1.165, 1.54) is 11.3 Å². The van der Waals surface area contributed by atoms with Gasteiger partial charge < -0.3 is 9.64 Å². The lowest BCUT2D eigenvalue weighted by Crippen LogP contribution is -2.46. The number of ether oxygens (including phenoxy) is 1. The lowest BCUT2D eigenvalue weighted by molar-refractivity contribution is 0.250. The fourth-order valence-electron chi connectivity index (χ4n) is 2.69. The monoisotopic (exact) mass is 283 g/mol. The van der Waals surface area contributed by atoms with Crippen molar-refractivity contribution in [3.05, 3.63) is 54.2 Å². The number of piperazine rings is 1. The van der Waals surface area contributed by atoms with Crippen LogP contribution in [-0.2, 0) is 6.54 Å². The molecule has 1 aromatic carbocycles. The number of rotatable bonds is 4. The Hall–Kier alpha value is -2.07. The average molecular weight is 283 g/mol. The van der Waals surface area contributed by atoms with Crippen LogP contribution >= 0.6 is 0 Å². The highest BCUT2D eigenvalue weighted by Gasteiger charge is 2.17. The molecule has 1 aromatic heterocycles. The molecular weight excluding hydrogens is 262 g/mol. The van der Waals surface area contributed by atoms with Gasteiger partial charge in [0.2, 0.25) is 5.88 Å². The summed E-state index contributed by atoms with van der Waals surface area (Å²) in [5.41, 5.74) is 2.56. The topological polar surface area (TPSA) is 28.6 Å². The molecule has 21 heavy (non-hydrogen) atoms. The van der Waals surface area contributed by atoms with Gasteiger partial charge in [0, 0.05) is 38.8 Å². The standard InChI is InChI=1S/C17H21N3O/c1-21-17-8-7-16(13-18-17)20-11-9-19(10-12-20)14-15-5-3-2-4-6-15/h2-8,13H,9-12,14H2,1H3. The van der Waals surface area contributed by atoms with Crippen molar-refractivity contribution in [2.75, 3.05) is 38.2 Å². The molecule has 4 heteroatoms. The Morgan fingerprint density at radius 3 is 2.38 bits per heavy atom. The summed E-state index contributed by atoms with van der Waals surface area (Å²) in [6.45, 7) is 5.29. The Balaban J connectivity index is 1.54. The molecule has 0 radical (unpaired) electrons. The van der Waals surface area contributed by atoms with Crippen LogP contribution in [0.25, 0.3) is 0 Å². The van der Waals surface area contributed by atoms with Crippen LogP contribution in [-0.4, -0.2) is 43.2 Å². The van der Waals surface area contributed by atoms with Gasteiger partial charge in [-0.1, -0.05) is 30.3 Å². The molecular formula is C17H21N3O. The minimum Gasteiger partial charge on any atom is -0.481 e. The van der Waals surface area contributed by atoms with E-state index in [1.807, 2.05) is 12.3 Å². The number of hydrogen-bond donors (Lipinski definition) is 0. The molecule has 0 unspecified atom stereocenters. The lowest BCUT2D eigenvalue weighted by atomic mass is 10.2. The van der Waals surface area contributed by atoms with Crippen molar-refractivity contribution in [2.45, 2.75) is 6.54 Å². The Morgan fingerprint density at radius 2 is 1.76 bits per heavy atom. The average Bonchev–Trinajstić information content (AvgIpc) is 2.57. The van der Waals surface area contributed by atoms with Gasteiger partial charge in [-0.15, -0.1) is 0 Å². The number of hydrogen-bond acceptors (Lipinski definition) is 4. The SMILES string of the molecule is COc1ccc(N2CCN(Cc3ccccc3)CC2)cn1. The quantitative estimate of drug-likeness (QED) is 0.861. The third-order valence-electron chi connectivity index (χ3n) is 3.92. The summed E-state index contributed by atoms with van der Waals surface area (Å²) in [7, 11) is 1.64. The molecule has 110 valence electrons. The molecule has 1 aliphatic rings. The summed E-state index contributed by atoms with van der Waals surface area (Å²) in [6, 6.07) is 14.7. The van der Waals surface area contributed by atoms with E-state index in [-0.39, 0.29) is 0 Å². The van der Waals surface area contributed by atoms with Gasteiger partial charge in [0.1, 0.15) is 0 Å². The summed E-state index contributed by atoms with van der Waals surface area (Å²) in [5.74, 6) is 0.668. The van der Waals surface area contributed by atoms with Gasteiger partial charge in [0.15, 0.2) is 0 Å². The summed E-state index contributed by atoms with van der Waals surface area (Å²) >= 11 is 0. The third-order valence-corrected chi connectivity index (χ3v) is 3.92. The van der Waals surface area contributed by atoms with Gasteiger partial charge in [0.05, 0.1) is 19.0 Å². The third kappa shape index (κ3) is 3.52. The number of aromatic nitrogens is 1. The minimum atomic E-state index is 0.668. The molecule has 2 aromatic rings. The van der Waals surface area contributed by atoms with Crippen molar-refractivity contribution in [1.82, 2.24) is 9.88 Å². The predicted molar refractivity (Wildman–Crippen MR) is 84.7 cm³/mol. The van der Waals surface area contributed by atoms with Crippen LogP contribution in [0.1, 0.15) is 5.56 Å². The fourth-order valence-corrected chi connectivity index (χ4v) is 2.69. The number of anilines is 1. The predicted octanol–water partition coefficient (Wildman–Crippen LogP) is 2.41. The van der Waals surface area contributed by atoms with Crippen LogP contribution in [0.2, 0.25) is 0 Å². The van der Waals surface area contributed by atoms with Gasteiger partial charge >= 0.3 is 0 Å². The zero-order chi connectivity index (χ0) is 14.5. The number of pyridine rings is 1. The Kier molecular flexibility index (Phi) is 4.36. The smallest absolute Gasteiger partial charge is 0.213 e. The molecule has 0 saturated carbocycles. The second kappa shape index (κ2) is 6.59. The molecule has 0 spiro atoms. The van der Waals surface area contributed by atoms with Crippen LogP contribution in [0.5, 0.6) is 5.88 Å². The maximum absolute atomic E-state index is 5.10. The zero-order valence-corrected chi connectivity index (χ0v) is 12.4. The van der Waals surface area contributed by atoms with Gasteiger partial charge in [-0.2, -0.15) is 0 Å².